The Balaban J connectivity index is 1.54. The fraction of sp³-hybridized carbons (Fsp3) is 0.613. The highest BCUT2D eigenvalue weighted by Gasteiger charge is 2.41. The maximum absolute atomic E-state index is 2.68. The number of rotatable bonds is 8. The average Bonchev–Trinajstić information content (AvgIpc) is 2.84. The van der Waals surface area contributed by atoms with Crippen molar-refractivity contribution in [1.82, 2.24) is 0 Å². The van der Waals surface area contributed by atoms with Crippen LogP contribution in [0.1, 0.15) is 102 Å². The summed E-state index contributed by atoms with van der Waals surface area (Å²) in [6, 6.07) is 11.0. The second-order valence-electron chi connectivity index (χ2n) is 10.6. The molecule has 1 saturated carbocycles. The third-order valence-corrected chi connectivity index (χ3v) is 8.60. The highest BCUT2D eigenvalue weighted by molar-refractivity contribution is 5.41. The Kier molecular flexibility index (Phi) is 7.91. The first kappa shape index (κ1) is 22.6. The second-order valence-corrected chi connectivity index (χ2v) is 10.6. The van der Waals surface area contributed by atoms with E-state index in [9.17, 15) is 0 Å². The Labute approximate surface area is 191 Å². The van der Waals surface area contributed by atoms with Gasteiger partial charge in [0, 0.05) is 11.3 Å². The molecule has 1 aromatic rings. The molecule has 0 heteroatoms. The summed E-state index contributed by atoms with van der Waals surface area (Å²) in [4.78, 5) is 0. The van der Waals surface area contributed by atoms with Crippen molar-refractivity contribution in [3.63, 3.8) is 0 Å². The van der Waals surface area contributed by atoms with E-state index < -0.39 is 0 Å². The molecule has 0 amide bonds. The minimum Gasteiger partial charge on any atom is -0.0839 e. The molecule has 0 heterocycles. The van der Waals surface area contributed by atoms with E-state index in [4.69, 9.17) is 0 Å². The molecule has 0 bridgehead atoms. The van der Waals surface area contributed by atoms with Crippen molar-refractivity contribution in [3.8, 4) is 0 Å². The fourth-order valence-electron chi connectivity index (χ4n) is 6.67. The standard InChI is InChI=1S/C31H44/c1-3-5-10-26-15-19-30(20-16-26)31(29-17-13-25(9-4-2)14-18-29)23-21-28(22-24-31)27-11-7-6-8-12-27/h6-8,11-12,19,21-26,28-29H,3-5,9-10,13-18,20H2,1-2H3/t25-,26?,28?,29-,31?. The van der Waals surface area contributed by atoms with E-state index in [2.05, 4.69) is 74.6 Å². The zero-order valence-electron chi connectivity index (χ0n) is 20.1. The van der Waals surface area contributed by atoms with Crippen molar-refractivity contribution in [3.05, 3.63) is 71.8 Å². The predicted octanol–water partition coefficient (Wildman–Crippen LogP) is 9.41. The molecular formula is C31H44. The van der Waals surface area contributed by atoms with Crippen LogP contribution in [0.3, 0.4) is 0 Å². The lowest BCUT2D eigenvalue weighted by atomic mass is 9.59. The van der Waals surface area contributed by atoms with Crippen molar-refractivity contribution in [2.24, 2.45) is 23.2 Å². The zero-order valence-corrected chi connectivity index (χ0v) is 20.1. The van der Waals surface area contributed by atoms with Crippen LogP contribution < -0.4 is 0 Å². The molecule has 0 saturated heterocycles. The lowest BCUT2D eigenvalue weighted by Gasteiger charge is -2.45. The number of hydrogen-bond donors (Lipinski definition) is 0. The number of allylic oxidation sites excluding steroid dienone is 6. The van der Waals surface area contributed by atoms with Gasteiger partial charge in [0.1, 0.15) is 0 Å². The summed E-state index contributed by atoms with van der Waals surface area (Å²) in [5.74, 6) is 3.14. The van der Waals surface area contributed by atoms with Crippen molar-refractivity contribution in [2.75, 3.05) is 0 Å². The summed E-state index contributed by atoms with van der Waals surface area (Å²) in [5, 5.41) is 0. The van der Waals surface area contributed by atoms with Crippen molar-refractivity contribution < 1.29 is 0 Å². The molecule has 1 aromatic carbocycles. The van der Waals surface area contributed by atoms with Gasteiger partial charge in [-0.1, -0.05) is 125 Å². The molecule has 1 unspecified atom stereocenters. The molecule has 0 aromatic heterocycles. The molecular weight excluding hydrogens is 372 g/mol. The first-order valence-corrected chi connectivity index (χ1v) is 13.4. The topological polar surface area (TPSA) is 0 Å². The number of benzene rings is 1. The van der Waals surface area contributed by atoms with E-state index in [1.54, 1.807) is 5.57 Å². The summed E-state index contributed by atoms with van der Waals surface area (Å²) < 4.78 is 0. The molecule has 3 aliphatic carbocycles. The van der Waals surface area contributed by atoms with Gasteiger partial charge >= 0.3 is 0 Å². The Morgan fingerprint density at radius 2 is 1.55 bits per heavy atom. The molecule has 0 spiro atoms. The van der Waals surface area contributed by atoms with Gasteiger partial charge in [0.2, 0.25) is 0 Å². The van der Waals surface area contributed by atoms with E-state index in [1.807, 2.05) is 0 Å². The summed E-state index contributed by atoms with van der Waals surface area (Å²) >= 11 is 0. The van der Waals surface area contributed by atoms with Crippen LogP contribution >= 0.6 is 0 Å². The molecule has 0 aliphatic heterocycles. The summed E-state index contributed by atoms with van der Waals surface area (Å²) in [6.07, 6.45) is 29.7. The number of unbranched alkanes of at least 4 members (excludes halogenated alkanes) is 1. The van der Waals surface area contributed by atoms with E-state index in [0.717, 1.165) is 17.8 Å². The van der Waals surface area contributed by atoms with Crippen LogP contribution in [0.5, 0.6) is 0 Å². The van der Waals surface area contributed by atoms with Crippen LogP contribution in [0.4, 0.5) is 0 Å². The molecule has 0 radical (unpaired) electrons. The largest absolute Gasteiger partial charge is 0.0839 e. The fourth-order valence-corrected chi connectivity index (χ4v) is 6.67. The first-order chi connectivity index (χ1) is 15.2. The van der Waals surface area contributed by atoms with Gasteiger partial charge in [-0.25, -0.2) is 0 Å². The van der Waals surface area contributed by atoms with Gasteiger partial charge in [0.25, 0.3) is 0 Å². The third-order valence-electron chi connectivity index (χ3n) is 8.60. The zero-order chi connectivity index (χ0) is 21.5. The van der Waals surface area contributed by atoms with E-state index in [-0.39, 0.29) is 5.41 Å². The van der Waals surface area contributed by atoms with Gasteiger partial charge in [-0.15, -0.1) is 0 Å². The Morgan fingerprint density at radius 3 is 2.16 bits per heavy atom. The molecule has 0 nitrogen and oxygen atoms in total. The minimum absolute atomic E-state index is 0.193. The van der Waals surface area contributed by atoms with Crippen LogP contribution in [0.15, 0.2) is 66.3 Å². The van der Waals surface area contributed by atoms with Crippen LogP contribution in [0.25, 0.3) is 0 Å². The molecule has 31 heavy (non-hydrogen) atoms. The molecule has 1 atom stereocenters. The SMILES string of the molecule is CCCCC1CC=C(C2([C@H]3CC[C@H](CCC)CC3)C=CC(c3ccccc3)C=C2)CC1. The lowest BCUT2D eigenvalue weighted by Crippen LogP contribution is -2.34. The van der Waals surface area contributed by atoms with Crippen molar-refractivity contribution in [1.29, 1.82) is 0 Å². The summed E-state index contributed by atoms with van der Waals surface area (Å²) in [6.45, 7) is 4.68. The highest BCUT2D eigenvalue weighted by atomic mass is 14.5. The Morgan fingerprint density at radius 1 is 0.806 bits per heavy atom. The third kappa shape index (κ3) is 5.27. The lowest BCUT2D eigenvalue weighted by molar-refractivity contribution is 0.191. The Bertz CT molecular complexity index is 742. The maximum Gasteiger partial charge on any atom is 0.0300 e. The maximum atomic E-state index is 2.68. The monoisotopic (exact) mass is 416 g/mol. The van der Waals surface area contributed by atoms with E-state index in [1.165, 1.54) is 82.6 Å². The van der Waals surface area contributed by atoms with E-state index in [0.29, 0.717) is 5.92 Å². The van der Waals surface area contributed by atoms with Gasteiger partial charge in [-0.05, 0) is 55.4 Å². The van der Waals surface area contributed by atoms with Gasteiger partial charge in [-0.3, -0.25) is 0 Å². The van der Waals surface area contributed by atoms with Crippen molar-refractivity contribution in [2.45, 2.75) is 96.8 Å². The van der Waals surface area contributed by atoms with Crippen LogP contribution in [0, 0.1) is 23.2 Å². The Hall–Kier alpha value is -1.56. The molecule has 3 aliphatic rings. The smallest absolute Gasteiger partial charge is 0.0300 e. The minimum atomic E-state index is 0.193. The quantitative estimate of drug-likeness (QED) is 0.370. The average molecular weight is 417 g/mol. The van der Waals surface area contributed by atoms with Gasteiger partial charge in [0.05, 0.1) is 0 Å². The van der Waals surface area contributed by atoms with E-state index >= 15 is 0 Å². The van der Waals surface area contributed by atoms with Crippen molar-refractivity contribution >= 4 is 0 Å². The molecule has 0 N–H and O–H groups in total. The van der Waals surface area contributed by atoms with Crippen LogP contribution in [-0.4, -0.2) is 0 Å². The molecule has 168 valence electrons. The summed E-state index contributed by atoms with van der Waals surface area (Å²) in [5.41, 5.74) is 3.36. The highest BCUT2D eigenvalue weighted by Crippen LogP contribution is 2.52. The summed E-state index contributed by atoms with van der Waals surface area (Å²) in [7, 11) is 0. The van der Waals surface area contributed by atoms with Gasteiger partial charge in [0.15, 0.2) is 0 Å². The van der Waals surface area contributed by atoms with Gasteiger partial charge in [-0.2, -0.15) is 0 Å². The van der Waals surface area contributed by atoms with Crippen LogP contribution in [0.2, 0.25) is 0 Å². The van der Waals surface area contributed by atoms with Crippen LogP contribution in [-0.2, 0) is 0 Å². The first-order valence-electron chi connectivity index (χ1n) is 13.4. The predicted molar refractivity (Wildman–Crippen MR) is 135 cm³/mol. The van der Waals surface area contributed by atoms with Gasteiger partial charge < -0.3 is 0 Å². The molecule has 4 rings (SSSR count). The second kappa shape index (κ2) is 10.8. The number of hydrogen-bond acceptors (Lipinski definition) is 0. The normalized spacial score (nSPS) is 33.3. The molecule has 1 fully saturated rings.